The van der Waals surface area contributed by atoms with Crippen LogP contribution in [0.4, 0.5) is 0 Å². The molecule has 0 bridgehead atoms. The lowest BCUT2D eigenvalue weighted by Gasteiger charge is -1.96. The minimum absolute atomic E-state index is 0.736. The zero-order valence-electron chi connectivity index (χ0n) is 7.08. The number of para-hydroxylation sites is 1. The van der Waals surface area contributed by atoms with E-state index in [0.717, 1.165) is 27.2 Å². The molecule has 0 spiro atoms. The average Bonchev–Trinajstić information content (AvgIpc) is 2.59. The van der Waals surface area contributed by atoms with Gasteiger partial charge in [-0.1, -0.05) is 28.7 Å². The molecule has 0 aliphatic heterocycles. The Hall–Kier alpha value is -0.780. The molecule has 0 amide bonds. The number of aromatic nitrogens is 1. The molecule has 4 heteroatoms. The maximum atomic E-state index is 5.46. The van der Waals surface area contributed by atoms with Gasteiger partial charge in [-0.05, 0) is 12.1 Å². The first-order valence-corrected chi connectivity index (χ1v) is 5.36. The van der Waals surface area contributed by atoms with E-state index in [2.05, 4.69) is 27.6 Å². The van der Waals surface area contributed by atoms with Gasteiger partial charge in [0.2, 0.25) is 5.89 Å². The number of nitrogens with zero attached hydrogens (tertiary/aromatic N) is 1. The Morgan fingerprint density at radius 3 is 3.08 bits per heavy atom. The van der Waals surface area contributed by atoms with Crippen molar-refractivity contribution in [3.8, 4) is 5.75 Å². The highest BCUT2D eigenvalue weighted by Crippen LogP contribution is 2.25. The summed E-state index contributed by atoms with van der Waals surface area (Å²) in [4.78, 5) is 4.30. The molecule has 2 rings (SSSR count). The molecule has 0 N–H and O–H groups in total. The van der Waals surface area contributed by atoms with Crippen LogP contribution in [0.15, 0.2) is 22.6 Å². The SMILES string of the molecule is COc1cccc2oc(CI)nc12. The van der Waals surface area contributed by atoms with Crippen LogP contribution in [0.25, 0.3) is 11.1 Å². The summed E-state index contributed by atoms with van der Waals surface area (Å²) >= 11 is 2.21. The van der Waals surface area contributed by atoms with Gasteiger partial charge in [0.25, 0.3) is 0 Å². The first-order chi connectivity index (χ1) is 6.35. The summed E-state index contributed by atoms with van der Waals surface area (Å²) in [5.41, 5.74) is 1.59. The number of ether oxygens (including phenoxy) is 1. The van der Waals surface area contributed by atoms with Crippen LogP contribution in [-0.4, -0.2) is 12.1 Å². The topological polar surface area (TPSA) is 35.3 Å². The molecule has 0 aliphatic carbocycles. The summed E-state index contributed by atoms with van der Waals surface area (Å²) in [6.45, 7) is 0. The fourth-order valence-electron chi connectivity index (χ4n) is 1.19. The molecule has 3 nitrogen and oxygen atoms in total. The Kier molecular flexibility index (Phi) is 2.39. The molecule has 1 aromatic heterocycles. The highest BCUT2D eigenvalue weighted by molar-refractivity contribution is 14.1. The van der Waals surface area contributed by atoms with Crippen LogP contribution in [-0.2, 0) is 4.43 Å². The Bertz CT molecular complexity index is 424. The summed E-state index contributed by atoms with van der Waals surface area (Å²) < 4.78 is 11.4. The Labute approximate surface area is 89.2 Å². The number of oxazole rings is 1. The lowest BCUT2D eigenvalue weighted by atomic mass is 10.3. The second-order valence-corrected chi connectivity index (χ2v) is 3.31. The van der Waals surface area contributed by atoms with E-state index in [4.69, 9.17) is 9.15 Å². The number of hydrogen-bond donors (Lipinski definition) is 0. The molecule has 2 aromatic rings. The molecular formula is C9H8INO2. The van der Waals surface area contributed by atoms with E-state index in [-0.39, 0.29) is 0 Å². The minimum atomic E-state index is 0.736. The maximum Gasteiger partial charge on any atom is 0.205 e. The number of benzene rings is 1. The van der Waals surface area contributed by atoms with Gasteiger partial charge >= 0.3 is 0 Å². The molecule has 0 saturated heterocycles. The predicted octanol–water partition coefficient (Wildman–Crippen LogP) is 2.77. The van der Waals surface area contributed by atoms with Crippen molar-refractivity contribution >= 4 is 33.7 Å². The highest BCUT2D eigenvalue weighted by Gasteiger charge is 2.08. The molecule has 13 heavy (non-hydrogen) atoms. The van der Waals surface area contributed by atoms with E-state index in [0.29, 0.717) is 0 Å². The normalized spacial score (nSPS) is 10.6. The monoisotopic (exact) mass is 289 g/mol. The van der Waals surface area contributed by atoms with E-state index in [1.54, 1.807) is 7.11 Å². The van der Waals surface area contributed by atoms with Gasteiger partial charge in [0.15, 0.2) is 11.1 Å². The first-order valence-electron chi connectivity index (χ1n) is 3.83. The minimum Gasteiger partial charge on any atom is -0.494 e. The van der Waals surface area contributed by atoms with Gasteiger partial charge in [-0.3, -0.25) is 0 Å². The van der Waals surface area contributed by atoms with Crippen LogP contribution in [0.2, 0.25) is 0 Å². The van der Waals surface area contributed by atoms with Crippen molar-refractivity contribution in [1.29, 1.82) is 0 Å². The number of alkyl halides is 1. The van der Waals surface area contributed by atoms with Crippen LogP contribution in [0, 0.1) is 0 Å². The number of hydrogen-bond acceptors (Lipinski definition) is 3. The molecule has 68 valence electrons. The molecule has 0 radical (unpaired) electrons. The summed E-state index contributed by atoms with van der Waals surface area (Å²) in [5, 5.41) is 0. The molecule has 1 aromatic carbocycles. The van der Waals surface area contributed by atoms with Gasteiger partial charge in [-0.15, -0.1) is 0 Å². The maximum absolute atomic E-state index is 5.46. The van der Waals surface area contributed by atoms with Crippen molar-refractivity contribution in [2.45, 2.75) is 4.43 Å². The smallest absolute Gasteiger partial charge is 0.205 e. The van der Waals surface area contributed by atoms with Crippen LogP contribution < -0.4 is 4.74 Å². The predicted molar refractivity (Wildman–Crippen MR) is 58.3 cm³/mol. The first kappa shape index (κ1) is 8.80. The fourth-order valence-corrected chi connectivity index (χ4v) is 1.52. The Morgan fingerprint density at radius 1 is 1.54 bits per heavy atom. The molecule has 0 unspecified atom stereocenters. The zero-order chi connectivity index (χ0) is 9.26. The third kappa shape index (κ3) is 1.50. The highest BCUT2D eigenvalue weighted by atomic mass is 127. The van der Waals surface area contributed by atoms with Crippen molar-refractivity contribution in [2.75, 3.05) is 7.11 Å². The van der Waals surface area contributed by atoms with Gasteiger partial charge in [0.1, 0.15) is 5.75 Å². The largest absolute Gasteiger partial charge is 0.494 e. The third-order valence-corrected chi connectivity index (χ3v) is 2.41. The average molecular weight is 289 g/mol. The van der Waals surface area contributed by atoms with Crippen molar-refractivity contribution < 1.29 is 9.15 Å². The number of methoxy groups -OCH3 is 1. The van der Waals surface area contributed by atoms with Gasteiger partial charge < -0.3 is 9.15 Å². The van der Waals surface area contributed by atoms with Crippen molar-refractivity contribution in [1.82, 2.24) is 4.98 Å². The Morgan fingerprint density at radius 2 is 2.38 bits per heavy atom. The van der Waals surface area contributed by atoms with Crippen molar-refractivity contribution in [3.05, 3.63) is 24.1 Å². The quantitative estimate of drug-likeness (QED) is 0.630. The molecule has 0 aliphatic rings. The van der Waals surface area contributed by atoms with Gasteiger partial charge in [-0.25, -0.2) is 4.98 Å². The van der Waals surface area contributed by atoms with Crippen LogP contribution in [0.3, 0.4) is 0 Å². The zero-order valence-corrected chi connectivity index (χ0v) is 9.24. The summed E-state index contributed by atoms with van der Waals surface area (Å²) in [5.74, 6) is 1.50. The summed E-state index contributed by atoms with van der Waals surface area (Å²) in [6.07, 6.45) is 0. The van der Waals surface area contributed by atoms with Crippen molar-refractivity contribution in [3.63, 3.8) is 0 Å². The van der Waals surface area contributed by atoms with Crippen LogP contribution >= 0.6 is 22.6 Å². The van der Waals surface area contributed by atoms with E-state index < -0.39 is 0 Å². The Balaban J connectivity index is 2.67. The number of fused-ring (bicyclic) bond motifs is 1. The molecular weight excluding hydrogens is 281 g/mol. The van der Waals surface area contributed by atoms with E-state index in [9.17, 15) is 0 Å². The lowest BCUT2D eigenvalue weighted by Crippen LogP contribution is -1.83. The number of halogens is 1. The standard InChI is InChI=1S/C9H8INO2/c1-12-6-3-2-4-7-9(6)11-8(5-10)13-7/h2-4H,5H2,1H3. The third-order valence-electron chi connectivity index (χ3n) is 1.76. The fraction of sp³-hybridized carbons (Fsp3) is 0.222. The molecule has 0 atom stereocenters. The van der Waals surface area contributed by atoms with Gasteiger partial charge in [0.05, 0.1) is 11.5 Å². The lowest BCUT2D eigenvalue weighted by molar-refractivity contribution is 0.419. The van der Waals surface area contributed by atoms with Crippen LogP contribution in [0.5, 0.6) is 5.75 Å². The second-order valence-electron chi connectivity index (χ2n) is 2.55. The molecule has 0 saturated carbocycles. The van der Waals surface area contributed by atoms with E-state index in [1.807, 2.05) is 18.2 Å². The van der Waals surface area contributed by atoms with E-state index >= 15 is 0 Å². The molecule has 0 fully saturated rings. The van der Waals surface area contributed by atoms with Crippen molar-refractivity contribution in [2.24, 2.45) is 0 Å². The van der Waals surface area contributed by atoms with E-state index in [1.165, 1.54) is 0 Å². The van der Waals surface area contributed by atoms with Gasteiger partial charge in [-0.2, -0.15) is 0 Å². The summed E-state index contributed by atoms with van der Waals surface area (Å²) in [6, 6.07) is 5.66. The van der Waals surface area contributed by atoms with Crippen LogP contribution in [0.1, 0.15) is 5.89 Å². The summed E-state index contributed by atoms with van der Waals surface area (Å²) in [7, 11) is 1.63. The molecule has 1 heterocycles. The van der Waals surface area contributed by atoms with Gasteiger partial charge in [0, 0.05) is 0 Å². The second kappa shape index (κ2) is 3.53. The number of rotatable bonds is 2.